The minimum absolute atomic E-state index is 0.0254. The Morgan fingerprint density at radius 2 is 2.00 bits per heavy atom. The van der Waals surface area contributed by atoms with Gasteiger partial charge in [-0.25, -0.2) is 0 Å². The number of carbonyl (C=O) groups is 1. The second-order valence-corrected chi connectivity index (χ2v) is 6.02. The summed E-state index contributed by atoms with van der Waals surface area (Å²) in [5, 5.41) is 0. The molecule has 92 valence electrons. The zero-order valence-electron chi connectivity index (χ0n) is 10.3. The molecule has 1 heterocycles. The Bertz CT molecular complexity index is 399. The van der Waals surface area contributed by atoms with Crippen molar-refractivity contribution < 1.29 is 4.79 Å². The molecule has 0 aromatic heterocycles. The van der Waals surface area contributed by atoms with Gasteiger partial charge < -0.3 is 4.90 Å². The molecule has 0 radical (unpaired) electrons. The highest BCUT2D eigenvalue weighted by molar-refractivity contribution is 9.10. The lowest BCUT2D eigenvalue weighted by Crippen LogP contribution is -2.26. The Labute approximate surface area is 111 Å². The predicted octanol–water partition coefficient (Wildman–Crippen LogP) is 3.31. The van der Waals surface area contributed by atoms with Crippen molar-refractivity contribution in [2.75, 3.05) is 6.54 Å². The second kappa shape index (κ2) is 5.21. The van der Waals surface area contributed by atoms with E-state index in [4.69, 9.17) is 0 Å². The molecule has 0 N–H and O–H groups in total. The highest BCUT2D eigenvalue weighted by atomic mass is 79.9. The minimum atomic E-state index is 0.0254. The number of benzene rings is 1. The average molecular weight is 296 g/mol. The van der Waals surface area contributed by atoms with E-state index in [2.05, 4.69) is 54.0 Å². The summed E-state index contributed by atoms with van der Waals surface area (Å²) >= 11 is 3.40. The lowest BCUT2D eigenvalue weighted by Gasteiger charge is -2.16. The number of hydrogen-bond acceptors (Lipinski definition) is 1. The number of halogens is 1. The zero-order valence-corrected chi connectivity index (χ0v) is 11.9. The molecular weight excluding hydrogens is 278 g/mol. The molecule has 17 heavy (non-hydrogen) atoms. The lowest BCUT2D eigenvalue weighted by atomic mass is 10.0. The van der Waals surface area contributed by atoms with Gasteiger partial charge in [-0.05, 0) is 23.5 Å². The number of nitrogens with zero attached hydrogens (tertiary/aromatic N) is 1. The van der Waals surface area contributed by atoms with E-state index >= 15 is 0 Å². The van der Waals surface area contributed by atoms with Crippen LogP contribution < -0.4 is 0 Å². The first-order valence-electron chi connectivity index (χ1n) is 6.09. The van der Waals surface area contributed by atoms with E-state index in [-0.39, 0.29) is 10.7 Å². The van der Waals surface area contributed by atoms with Crippen LogP contribution in [-0.4, -0.2) is 22.2 Å². The van der Waals surface area contributed by atoms with Crippen molar-refractivity contribution in [2.24, 2.45) is 0 Å². The molecular formula is C14H18BrNO. The monoisotopic (exact) mass is 295 g/mol. The normalized spacial score (nSPS) is 20.4. The molecule has 0 bridgehead atoms. The Balaban J connectivity index is 2.02. The standard InChI is InChI=1S/C14H18BrNO/c1-10(2)12-5-3-11(4-6-12)9-16-8-7-13(15)14(16)17/h3-6,10,13H,7-9H2,1-2H3. The summed E-state index contributed by atoms with van der Waals surface area (Å²) in [6.07, 6.45) is 0.920. The van der Waals surface area contributed by atoms with Crippen LogP contribution in [0.5, 0.6) is 0 Å². The highest BCUT2D eigenvalue weighted by Gasteiger charge is 2.28. The summed E-state index contributed by atoms with van der Waals surface area (Å²) in [6, 6.07) is 8.58. The maximum Gasteiger partial charge on any atom is 0.236 e. The van der Waals surface area contributed by atoms with Gasteiger partial charge in [0, 0.05) is 13.1 Å². The van der Waals surface area contributed by atoms with E-state index in [1.165, 1.54) is 11.1 Å². The first-order valence-corrected chi connectivity index (χ1v) is 7.01. The van der Waals surface area contributed by atoms with Crippen LogP contribution in [0.2, 0.25) is 0 Å². The fraction of sp³-hybridized carbons (Fsp3) is 0.500. The molecule has 0 aliphatic carbocycles. The Kier molecular flexibility index (Phi) is 3.87. The van der Waals surface area contributed by atoms with Crippen molar-refractivity contribution in [3.05, 3.63) is 35.4 Å². The number of likely N-dealkylation sites (tertiary alicyclic amines) is 1. The van der Waals surface area contributed by atoms with E-state index in [0.717, 1.165) is 19.5 Å². The van der Waals surface area contributed by atoms with Gasteiger partial charge in [0.2, 0.25) is 5.91 Å². The molecule has 1 saturated heterocycles. The molecule has 3 heteroatoms. The van der Waals surface area contributed by atoms with Crippen LogP contribution >= 0.6 is 15.9 Å². The number of amides is 1. The molecule has 1 aliphatic heterocycles. The predicted molar refractivity (Wildman–Crippen MR) is 73.3 cm³/mol. The van der Waals surface area contributed by atoms with E-state index in [0.29, 0.717) is 5.92 Å². The van der Waals surface area contributed by atoms with Gasteiger partial charge in [0.1, 0.15) is 0 Å². The Morgan fingerprint density at radius 3 is 2.47 bits per heavy atom. The van der Waals surface area contributed by atoms with Crippen molar-refractivity contribution in [3.8, 4) is 0 Å². The third kappa shape index (κ3) is 2.89. The Morgan fingerprint density at radius 1 is 1.35 bits per heavy atom. The van der Waals surface area contributed by atoms with Crippen LogP contribution in [0.1, 0.15) is 37.3 Å². The lowest BCUT2D eigenvalue weighted by molar-refractivity contribution is -0.127. The van der Waals surface area contributed by atoms with Crippen molar-refractivity contribution in [2.45, 2.75) is 37.6 Å². The quantitative estimate of drug-likeness (QED) is 0.784. The Hall–Kier alpha value is -0.830. The minimum Gasteiger partial charge on any atom is -0.337 e. The van der Waals surface area contributed by atoms with Crippen LogP contribution in [0.4, 0.5) is 0 Å². The molecule has 1 amide bonds. The number of rotatable bonds is 3. The summed E-state index contributed by atoms with van der Waals surface area (Å²) in [5.74, 6) is 0.780. The van der Waals surface area contributed by atoms with Gasteiger partial charge in [-0.2, -0.15) is 0 Å². The van der Waals surface area contributed by atoms with Crippen LogP contribution in [0.3, 0.4) is 0 Å². The SMILES string of the molecule is CC(C)c1ccc(CN2CCC(Br)C2=O)cc1. The van der Waals surface area contributed by atoms with Crippen LogP contribution in [0.15, 0.2) is 24.3 Å². The molecule has 0 spiro atoms. The summed E-state index contributed by atoms with van der Waals surface area (Å²) in [6.45, 7) is 5.98. The van der Waals surface area contributed by atoms with Crippen LogP contribution in [-0.2, 0) is 11.3 Å². The maximum absolute atomic E-state index is 11.8. The largest absolute Gasteiger partial charge is 0.337 e. The molecule has 1 aromatic rings. The number of alkyl halides is 1. The summed E-state index contributed by atoms with van der Waals surface area (Å²) in [5.41, 5.74) is 2.56. The van der Waals surface area contributed by atoms with E-state index < -0.39 is 0 Å². The van der Waals surface area contributed by atoms with Crippen LogP contribution in [0, 0.1) is 0 Å². The molecule has 1 aliphatic rings. The van der Waals surface area contributed by atoms with Gasteiger partial charge in [-0.15, -0.1) is 0 Å². The highest BCUT2D eigenvalue weighted by Crippen LogP contribution is 2.21. The molecule has 1 unspecified atom stereocenters. The first kappa shape index (κ1) is 12.6. The summed E-state index contributed by atoms with van der Waals surface area (Å²) < 4.78 is 0. The van der Waals surface area contributed by atoms with Gasteiger partial charge >= 0.3 is 0 Å². The second-order valence-electron chi connectivity index (χ2n) is 4.91. The number of hydrogen-bond donors (Lipinski definition) is 0. The van der Waals surface area contributed by atoms with E-state index in [1.807, 2.05) is 4.90 Å². The first-order chi connectivity index (χ1) is 8.08. The van der Waals surface area contributed by atoms with Gasteiger partial charge in [-0.1, -0.05) is 54.0 Å². The van der Waals surface area contributed by atoms with Crippen molar-refractivity contribution in [1.29, 1.82) is 0 Å². The number of carbonyl (C=O) groups excluding carboxylic acids is 1. The van der Waals surface area contributed by atoms with Gasteiger partial charge in [0.15, 0.2) is 0 Å². The molecule has 1 atom stereocenters. The summed E-state index contributed by atoms with van der Waals surface area (Å²) in [7, 11) is 0. The van der Waals surface area contributed by atoms with Gasteiger partial charge in [0.05, 0.1) is 4.83 Å². The van der Waals surface area contributed by atoms with E-state index in [1.54, 1.807) is 0 Å². The molecule has 0 saturated carbocycles. The van der Waals surface area contributed by atoms with Crippen LogP contribution in [0.25, 0.3) is 0 Å². The fourth-order valence-electron chi connectivity index (χ4n) is 2.09. The molecule has 1 fully saturated rings. The molecule has 2 nitrogen and oxygen atoms in total. The third-order valence-electron chi connectivity index (χ3n) is 3.25. The van der Waals surface area contributed by atoms with Crippen molar-refractivity contribution in [1.82, 2.24) is 4.90 Å². The van der Waals surface area contributed by atoms with Crippen molar-refractivity contribution in [3.63, 3.8) is 0 Å². The fourth-order valence-corrected chi connectivity index (χ4v) is 2.58. The topological polar surface area (TPSA) is 20.3 Å². The molecule has 2 rings (SSSR count). The molecule has 1 aromatic carbocycles. The zero-order chi connectivity index (χ0) is 12.4. The average Bonchev–Trinajstić information content (AvgIpc) is 2.62. The van der Waals surface area contributed by atoms with E-state index in [9.17, 15) is 4.79 Å². The smallest absolute Gasteiger partial charge is 0.236 e. The van der Waals surface area contributed by atoms with Gasteiger partial charge in [0.25, 0.3) is 0 Å². The van der Waals surface area contributed by atoms with Crippen molar-refractivity contribution >= 4 is 21.8 Å². The summed E-state index contributed by atoms with van der Waals surface area (Å²) in [4.78, 5) is 13.7. The maximum atomic E-state index is 11.8. The van der Waals surface area contributed by atoms with Gasteiger partial charge in [-0.3, -0.25) is 4.79 Å². The third-order valence-corrected chi connectivity index (χ3v) is 4.10.